The van der Waals surface area contributed by atoms with E-state index in [1.165, 1.54) is 0 Å². The Morgan fingerprint density at radius 3 is 2.43 bits per heavy atom. The molecule has 0 aromatic heterocycles. The Bertz CT molecular complexity index is 527. The fourth-order valence-corrected chi connectivity index (χ4v) is 2.70. The van der Waals surface area contributed by atoms with Crippen molar-refractivity contribution in [3.05, 3.63) is 29.8 Å². The lowest BCUT2D eigenvalue weighted by Crippen LogP contribution is -2.62. The van der Waals surface area contributed by atoms with E-state index in [1.54, 1.807) is 18.9 Å². The van der Waals surface area contributed by atoms with E-state index in [4.69, 9.17) is 4.74 Å². The molecule has 0 saturated carbocycles. The lowest BCUT2D eigenvalue weighted by atomic mass is 9.99. The minimum Gasteiger partial charge on any atom is -0.497 e. The molecular weight excluding hydrogens is 268 g/mol. The molecule has 1 aliphatic heterocycles. The summed E-state index contributed by atoms with van der Waals surface area (Å²) >= 11 is 0. The molecule has 1 heterocycles. The van der Waals surface area contributed by atoms with Gasteiger partial charge in [0.2, 0.25) is 11.8 Å². The SMILES string of the molecule is CCC1NC(=O)C(C)N(C(C)c2ccc(OC)cc2)C1=O. The van der Waals surface area contributed by atoms with Crippen LogP contribution in [-0.2, 0) is 9.59 Å². The average molecular weight is 290 g/mol. The normalized spacial score (nSPS) is 23.7. The predicted octanol–water partition coefficient (Wildman–Crippen LogP) is 1.88. The highest BCUT2D eigenvalue weighted by Gasteiger charge is 2.39. The zero-order valence-electron chi connectivity index (χ0n) is 12.9. The van der Waals surface area contributed by atoms with Gasteiger partial charge in [-0.3, -0.25) is 9.59 Å². The highest BCUT2D eigenvalue weighted by atomic mass is 16.5. The Hall–Kier alpha value is -2.04. The van der Waals surface area contributed by atoms with Crippen LogP contribution in [0.5, 0.6) is 5.75 Å². The first-order valence-corrected chi connectivity index (χ1v) is 7.26. The molecule has 1 aromatic carbocycles. The second kappa shape index (κ2) is 6.16. The van der Waals surface area contributed by atoms with Crippen LogP contribution in [0.15, 0.2) is 24.3 Å². The third kappa shape index (κ3) is 2.86. The van der Waals surface area contributed by atoms with Gasteiger partial charge in [0.15, 0.2) is 0 Å². The standard InChI is InChI=1S/C16H22N2O3/c1-5-14-16(20)18(11(3)15(19)17-14)10(2)12-6-8-13(21-4)9-7-12/h6-11,14H,5H2,1-4H3,(H,17,19). The number of carbonyl (C=O) groups is 2. The molecule has 21 heavy (non-hydrogen) atoms. The van der Waals surface area contributed by atoms with Crippen molar-refractivity contribution in [3.8, 4) is 5.75 Å². The summed E-state index contributed by atoms with van der Waals surface area (Å²) < 4.78 is 5.14. The lowest BCUT2D eigenvalue weighted by Gasteiger charge is -2.41. The van der Waals surface area contributed by atoms with Crippen molar-refractivity contribution in [1.29, 1.82) is 0 Å². The van der Waals surface area contributed by atoms with E-state index in [9.17, 15) is 9.59 Å². The van der Waals surface area contributed by atoms with Crippen molar-refractivity contribution in [2.45, 2.75) is 45.3 Å². The Kier molecular flexibility index (Phi) is 4.50. The van der Waals surface area contributed by atoms with Crippen LogP contribution >= 0.6 is 0 Å². The zero-order valence-corrected chi connectivity index (χ0v) is 12.9. The number of methoxy groups -OCH3 is 1. The van der Waals surface area contributed by atoms with Gasteiger partial charge in [0.25, 0.3) is 0 Å². The van der Waals surface area contributed by atoms with E-state index in [1.807, 2.05) is 38.1 Å². The molecule has 0 aliphatic carbocycles. The van der Waals surface area contributed by atoms with E-state index < -0.39 is 12.1 Å². The number of piperazine rings is 1. The van der Waals surface area contributed by atoms with Crippen LogP contribution in [0.3, 0.4) is 0 Å². The first-order valence-electron chi connectivity index (χ1n) is 7.26. The Morgan fingerprint density at radius 1 is 1.29 bits per heavy atom. The summed E-state index contributed by atoms with van der Waals surface area (Å²) in [4.78, 5) is 26.2. The fraction of sp³-hybridized carbons (Fsp3) is 0.500. The zero-order chi connectivity index (χ0) is 15.6. The number of amides is 2. The quantitative estimate of drug-likeness (QED) is 0.921. The van der Waals surface area contributed by atoms with Gasteiger partial charge in [-0.15, -0.1) is 0 Å². The fourth-order valence-electron chi connectivity index (χ4n) is 2.70. The maximum Gasteiger partial charge on any atom is 0.246 e. The van der Waals surface area contributed by atoms with Crippen molar-refractivity contribution >= 4 is 11.8 Å². The molecule has 3 unspecified atom stereocenters. The maximum absolute atomic E-state index is 12.5. The molecule has 2 amide bonds. The van der Waals surface area contributed by atoms with Crippen LogP contribution in [0.4, 0.5) is 0 Å². The largest absolute Gasteiger partial charge is 0.497 e. The summed E-state index contributed by atoms with van der Waals surface area (Å²) in [6.45, 7) is 5.61. The van der Waals surface area contributed by atoms with Crippen LogP contribution in [-0.4, -0.2) is 35.9 Å². The molecule has 5 heteroatoms. The van der Waals surface area contributed by atoms with Crippen LogP contribution < -0.4 is 10.1 Å². The number of hydrogen-bond donors (Lipinski definition) is 1. The highest BCUT2D eigenvalue weighted by molar-refractivity contribution is 5.96. The van der Waals surface area contributed by atoms with Crippen molar-refractivity contribution in [1.82, 2.24) is 10.2 Å². The Balaban J connectivity index is 2.27. The van der Waals surface area contributed by atoms with Crippen molar-refractivity contribution in [2.75, 3.05) is 7.11 Å². The molecule has 0 spiro atoms. The summed E-state index contributed by atoms with van der Waals surface area (Å²) in [5, 5.41) is 2.77. The number of ether oxygens (including phenoxy) is 1. The van der Waals surface area contributed by atoms with Gasteiger partial charge >= 0.3 is 0 Å². The molecular formula is C16H22N2O3. The van der Waals surface area contributed by atoms with E-state index in [2.05, 4.69) is 5.32 Å². The molecule has 5 nitrogen and oxygen atoms in total. The van der Waals surface area contributed by atoms with E-state index in [-0.39, 0.29) is 17.9 Å². The van der Waals surface area contributed by atoms with Gasteiger partial charge in [0.05, 0.1) is 13.2 Å². The molecule has 1 saturated heterocycles. The third-order valence-corrected chi connectivity index (χ3v) is 4.09. The second-order valence-electron chi connectivity index (χ2n) is 5.34. The first-order chi connectivity index (χ1) is 9.99. The van der Waals surface area contributed by atoms with E-state index >= 15 is 0 Å². The van der Waals surface area contributed by atoms with Gasteiger partial charge in [-0.1, -0.05) is 19.1 Å². The van der Waals surface area contributed by atoms with E-state index in [0.717, 1.165) is 11.3 Å². The van der Waals surface area contributed by atoms with Gasteiger partial charge in [0, 0.05) is 0 Å². The molecule has 0 bridgehead atoms. The maximum atomic E-state index is 12.5. The second-order valence-corrected chi connectivity index (χ2v) is 5.34. The Labute approximate surface area is 125 Å². The van der Waals surface area contributed by atoms with Gasteiger partial charge in [-0.2, -0.15) is 0 Å². The lowest BCUT2D eigenvalue weighted by molar-refractivity contribution is -0.151. The average Bonchev–Trinajstić information content (AvgIpc) is 2.51. The van der Waals surface area contributed by atoms with Crippen molar-refractivity contribution in [2.24, 2.45) is 0 Å². The van der Waals surface area contributed by atoms with Crippen LogP contribution in [0, 0.1) is 0 Å². The summed E-state index contributed by atoms with van der Waals surface area (Å²) in [5.41, 5.74) is 0.987. The number of benzene rings is 1. The van der Waals surface area contributed by atoms with Crippen LogP contribution in [0.1, 0.15) is 38.8 Å². The van der Waals surface area contributed by atoms with Crippen molar-refractivity contribution in [3.63, 3.8) is 0 Å². The van der Waals surface area contributed by atoms with Crippen LogP contribution in [0.25, 0.3) is 0 Å². The van der Waals surface area contributed by atoms with Gasteiger partial charge in [-0.05, 0) is 38.0 Å². The molecule has 0 radical (unpaired) electrons. The summed E-state index contributed by atoms with van der Waals surface area (Å²) in [5.74, 6) is 0.655. The molecule has 114 valence electrons. The Morgan fingerprint density at radius 2 is 1.90 bits per heavy atom. The number of nitrogens with one attached hydrogen (secondary N) is 1. The number of hydrogen-bond acceptors (Lipinski definition) is 3. The summed E-state index contributed by atoms with van der Waals surface area (Å²) in [7, 11) is 1.62. The highest BCUT2D eigenvalue weighted by Crippen LogP contribution is 2.27. The summed E-state index contributed by atoms with van der Waals surface area (Å²) in [6.07, 6.45) is 0.600. The van der Waals surface area contributed by atoms with E-state index in [0.29, 0.717) is 6.42 Å². The van der Waals surface area contributed by atoms with Crippen molar-refractivity contribution < 1.29 is 14.3 Å². The molecule has 2 rings (SSSR count). The van der Waals surface area contributed by atoms with Gasteiger partial charge in [0.1, 0.15) is 17.8 Å². The van der Waals surface area contributed by atoms with Crippen LogP contribution in [0.2, 0.25) is 0 Å². The topological polar surface area (TPSA) is 58.6 Å². The molecule has 1 aromatic rings. The molecule has 3 atom stereocenters. The molecule has 1 fully saturated rings. The predicted molar refractivity (Wildman–Crippen MR) is 79.9 cm³/mol. The monoisotopic (exact) mass is 290 g/mol. The molecule has 1 aliphatic rings. The van der Waals surface area contributed by atoms with Gasteiger partial charge < -0.3 is 15.0 Å². The minimum atomic E-state index is -0.461. The first kappa shape index (κ1) is 15.4. The smallest absolute Gasteiger partial charge is 0.246 e. The number of carbonyl (C=O) groups excluding carboxylic acids is 2. The number of rotatable bonds is 4. The third-order valence-electron chi connectivity index (χ3n) is 4.09. The number of nitrogens with zero attached hydrogens (tertiary/aromatic N) is 1. The van der Waals surface area contributed by atoms with Gasteiger partial charge in [-0.25, -0.2) is 0 Å². The molecule has 1 N–H and O–H groups in total. The summed E-state index contributed by atoms with van der Waals surface area (Å²) in [6, 6.07) is 6.55. The minimum absolute atomic E-state index is 0.0204.